The molecule has 2 heterocycles. The summed E-state index contributed by atoms with van der Waals surface area (Å²) >= 11 is 0. The number of aryl methyl sites for hydroxylation is 1. The summed E-state index contributed by atoms with van der Waals surface area (Å²) < 4.78 is 27.8. The van der Waals surface area contributed by atoms with Crippen LogP contribution in [0.25, 0.3) is 0 Å². The van der Waals surface area contributed by atoms with Crippen LogP contribution in [0.5, 0.6) is 0 Å². The Bertz CT molecular complexity index is 874. The van der Waals surface area contributed by atoms with Gasteiger partial charge in [-0.05, 0) is 62.4 Å². The highest BCUT2D eigenvalue weighted by atomic mass is 32.2. The molecule has 1 saturated heterocycles. The fourth-order valence-electron chi connectivity index (χ4n) is 3.48. The Labute approximate surface area is 156 Å². The molecule has 1 aliphatic rings. The van der Waals surface area contributed by atoms with Crippen molar-refractivity contribution in [2.24, 2.45) is 0 Å². The normalized spacial score (nSPS) is 17.0. The van der Waals surface area contributed by atoms with Crippen LogP contribution in [0.1, 0.15) is 48.9 Å². The van der Waals surface area contributed by atoms with Gasteiger partial charge in [-0.15, -0.1) is 0 Å². The number of aromatic nitrogens is 1. The van der Waals surface area contributed by atoms with Crippen molar-refractivity contribution in [1.29, 1.82) is 0 Å². The molecule has 0 spiro atoms. The maximum atomic E-state index is 13.1. The first kappa shape index (κ1) is 18.9. The van der Waals surface area contributed by atoms with Crippen LogP contribution in [0.2, 0.25) is 0 Å². The van der Waals surface area contributed by atoms with Crippen molar-refractivity contribution in [1.82, 2.24) is 9.29 Å². The van der Waals surface area contributed by atoms with E-state index in [9.17, 15) is 8.42 Å². The third kappa shape index (κ3) is 3.76. The number of rotatable bonds is 5. The Morgan fingerprint density at radius 2 is 1.81 bits per heavy atom. The monoisotopic (exact) mass is 373 g/mol. The van der Waals surface area contributed by atoms with Crippen LogP contribution in [0.3, 0.4) is 0 Å². The molecule has 0 bridgehead atoms. The van der Waals surface area contributed by atoms with E-state index < -0.39 is 10.0 Å². The number of nitrogens with zero attached hydrogens (tertiary/aromatic N) is 2. The Morgan fingerprint density at radius 1 is 1.08 bits per heavy atom. The van der Waals surface area contributed by atoms with E-state index in [4.69, 9.17) is 0 Å². The van der Waals surface area contributed by atoms with Crippen molar-refractivity contribution >= 4 is 15.8 Å². The number of benzene rings is 1. The number of sulfonamides is 1. The minimum Gasteiger partial charge on any atom is -0.362 e. The van der Waals surface area contributed by atoms with E-state index in [1.54, 1.807) is 22.6 Å². The predicted molar refractivity (Wildman–Crippen MR) is 105 cm³/mol. The molecule has 5 nitrogen and oxygen atoms in total. The van der Waals surface area contributed by atoms with Crippen molar-refractivity contribution in [3.63, 3.8) is 0 Å². The molecule has 0 amide bonds. The van der Waals surface area contributed by atoms with Crippen molar-refractivity contribution in [2.75, 3.05) is 18.4 Å². The Morgan fingerprint density at radius 3 is 2.54 bits per heavy atom. The summed E-state index contributed by atoms with van der Waals surface area (Å²) in [5, 5.41) is 3.32. The minimum absolute atomic E-state index is 0.0416. The molecule has 0 radical (unpaired) electrons. The molecule has 1 aromatic heterocycles. The van der Waals surface area contributed by atoms with Crippen molar-refractivity contribution in [3.05, 3.63) is 53.2 Å². The molecule has 0 aliphatic carbocycles. The third-order valence-corrected chi connectivity index (χ3v) is 7.10. The SMILES string of the molecule is Cc1cccc(C(C)Nc2ncccc2S(=O)(=O)N2CCCCC2)c1C. The van der Waals surface area contributed by atoms with E-state index >= 15 is 0 Å². The smallest absolute Gasteiger partial charge is 0.246 e. The van der Waals surface area contributed by atoms with Crippen LogP contribution >= 0.6 is 0 Å². The highest BCUT2D eigenvalue weighted by molar-refractivity contribution is 7.89. The summed E-state index contributed by atoms with van der Waals surface area (Å²) in [4.78, 5) is 4.60. The van der Waals surface area contributed by atoms with Gasteiger partial charge in [-0.2, -0.15) is 4.31 Å². The van der Waals surface area contributed by atoms with Gasteiger partial charge in [0.15, 0.2) is 0 Å². The van der Waals surface area contributed by atoms with Gasteiger partial charge in [-0.1, -0.05) is 24.6 Å². The fraction of sp³-hybridized carbons (Fsp3) is 0.450. The first-order valence-corrected chi connectivity index (χ1v) is 10.6. The van der Waals surface area contributed by atoms with Crippen LogP contribution < -0.4 is 5.32 Å². The lowest BCUT2D eigenvalue weighted by Crippen LogP contribution is -2.36. The molecule has 0 saturated carbocycles. The van der Waals surface area contributed by atoms with E-state index in [1.165, 1.54) is 11.1 Å². The van der Waals surface area contributed by atoms with Crippen LogP contribution in [-0.2, 0) is 10.0 Å². The van der Waals surface area contributed by atoms with Gasteiger partial charge in [-0.3, -0.25) is 0 Å². The number of hydrogen-bond donors (Lipinski definition) is 1. The summed E-state index contributed by atoms with van der Waals surface area (Å²) in [6.45, 7) is 7.38. The minimum atomic E-state index is -3.53. The number of nitrogens with one attached hydrogen (secondary N) is 1. The first-order valence-electron chi connectivity index (χ1n) is 9.19. The summed E-state index contributed by atoms with van der Waals surface area (Å²) in [5.74, 6) is 0.423. The van der Waals surface area contributed by atoms with Crippen LogP contribution in [0.15, 0.2) is 41.4 Å². The molecule has 1 atom stereocenters. The molecule has 26 heavy (non-hydrogen) atoms. The van der Waals surface area contributed by atoms with Crippen LogP contribution in [-0.4, -0.2) is 30.8 Å². The predicted octanol–water partition coefficient (Wildman–Crippen LogP) is 4.05. The largest absolute Gasteiger partial charge is 0.362 e. The summed E-state index contributed by atoms with van der Waals surface area (Å²) in [5.41, 5.74) is 3.58. The van der Waals surface area contributed by atoms with Gasteiger partial charge in [0.25, 0.3) is 0 Å². The zero-order valence-corrected chi connectivity index (χ0v) is 16.5. The quantitative estimate of drug-likeness (QED) is 0.859. The summed E-state index contributed by atoms with van der Waals surface area (Å²) in [7, 11) is -3.53. The molecular weight excluding hydrogens is 346 g/mol. The van der Waals surface area contributed by atoms with Gasteiger partial charge in [0.05, 0.1) is 6.04 Å². The lowest BCUT2D eigenvalue weighted by atomic mass is 9.98. The van der Waals surface area contributed by atoms with Crippen LogP contribution in [0.4, 0.5) is 5.82 Å². The highest BCUT2D eigenvalue weighted by Crippen LogP contribution is 2.29. The molecule has 6 heteroatoms. The zero-order chi connectivity index (χ0) is 18.7. The average Bonchev–Trinajstić information content (AvgIpc) is 2.65. The molecule has 1 aromatic carbocycles. The van der Waals surface area contributed by atoms with E-state index in [0.29, 0.717) is 18.9 Å². The zero-order valence-electron chi connectivity index (χ0n) is 15.7. The lowest BCUT2D eigenvalue weighted by Gasteiger charge is -2.27. The highest BCUT2D eigenvalue weighted by Gasteiger charge is 2.29. The van der Waals surface area contributed by atoms with Gasteiger partial charge in [0.1, 0.15) is 10.7 Å². The summed E-state index contributed by atoms with van der Waals surface area (Å²) in [6, 6.07) is 9.47. The second-order valence-electron chi connectivity index (χ2n) is 6.97. The molecule has 1 N–H and O–H groups in total. The number of pyridine rings is 1. The van der Waals surface area contributed by atoms with Gasteiger partial charge >= 0.3 is 0 Å². The molecule has 2 aromatic rings. The van der Waals surface area contributed by atoms with E-state index in [0.717, 1.165) is 24.8 Å². The Kier molecular flexibility index (Phi) is 5.63. The van der Waals surface area contributed by atoms with E-state index in [1.807, 2.05) is 13.0 Å². The topological polar surface area (TPSA) is 62.3 Å². The molecule has 1 unspecified atom stereocenters. The van der Waals surface area contributed by atoms with Crippen molar-refractivity contribution in [3.8, 4) is 0 Å². The third-order valence-electron chi connectivity index (χ3n) is 5.17. The molecule has 140 valence electrons. The van der Waals surface area contributed by atoms with Gasteiger partial charge in [-0.25, -0.2) is 13.4 Å². The number of hydrogen-bond acceptors (Lipinski definition) is 4. The Hall–Kier alpha value is -1.92. The van der Waals surface area contributed by atoms with Gasteiger partial charge < -0.3 is 5.32 Å². The van der Waals surface area contributed by atoms with Gasteiger partial charge in [0, 0.05) is 19.3 Å². The number of piperidine rings is 1. The average molecular weight is 374 g/mol. The maximum absolute atomic E-state index is 13.1. The number of anilines is 1. The second kappa shape index (κ2) is 7.76. The molecule has 3 rings (SSSR count). The Balaban J connectivity index is 1.91. The van der Waals surface area contributed by atoms with E-state index in [-0.39, 0.29) is 10.9 Å². The van der Waals surface area contributed by atoms with E-state index in [2.05, 4.69) is 36.3 Å². The lowest BCUT2D eigenvalue weighted by molar-refractivity contribution is 0.346. The van der Waals surface area contributed by atoms with Crippen molar-refractivity contribution in [2.45, 2.75) is 51.0 Å². The van der Waals surface area contributed by atoms with Crippen molar-refractivity contribution < 1.29 is 8.42 Å². The second-order valence-corrected chi connectivity index (χ2v) is 8.88. The maximum Gasteiger partial charge on any atom is 0.246 e. The molecule has 1 aliphatic heterocycles. The summed E-state index contributed by atoms with van der Waals surface area (Å²) in [6.07, 6.45) is 4.56. The first-order chi connectivity index (χ1) is 12.4. The standard InChI is InChI=1S/C20H27N3O2S/c1-15-9-7-10-18(16(15)2)17(3)22-20-19(11-8-12-21-20)26(24,25)23-13-5-4-6-14-23/h7-12,17H,4-6,13-14H2,1-3H3,(H,21,22). The molecule has 1 fully saturated rings. The van der Waals surface area contributed by atoms with Crippen LogP contribution in [0, 0.1) is 13.8 Å². The van der Waals surface area contributed by atoms with Gasteiger partial charge in [0.2, 0.25) is 10.0 Å². The molecular formula is C20H27N3O2S. The fourth-order valence-corrected chi connectivity index (χ4v) is 5.10.